The molecule has 1 aromatic carbocycles. The van der Waals surface area contributed by atoms with E-state index in [-0.39, 0.29) is 24.3 Å². The Morgan fingerprint density at radius 1 is 1.26 bits per heavy atom. The molecule has 1 fully saturated rings. The fraction of sp³-hybridized carbons (Fsp3) is 0.438. The Kier molecular flexibility index (Phi) is 6.91. The van der Waals surface area contributed by atoms with Gasteiger partial charge in [0.05, 0.1) is 5.69 Å². The minimum Gasteiger partial charge on any atom is -0.469 e. The van der Waals surface area contributed by atoms with E-state index in [9.17, 15) is 29.7 Å². The third kappa shape index (κ3) is 5.26. The molecule has 0 radical (unpaired) electrons. The number of hydrogen-bond acceptors (Lipinski definition) is 9. The third-order valence-electron chi connectivity index (χ3n) is 3.78. The minimum absolute atomic E-state index is 0.0249. The van der Waals surface area contributed by atoms with Crippen molar-refractivity contribution in [2.45, 2.75) is 44.2 Å². The molecule has 0 bridgehead atoms. The molecule has 0 aromatic heterocycles. The Balaban J connectivity index is 2.24. The number of nitrogens with one attached hydrogen (secondary N) is 1. The number of aldehydes is 1. The van der Waals surface area contributed by atoms with Crippen molar-refractivity contribution in [1.29, 1.82) is 0 Å². The number of aliphatic hydroxyl groups excluding tert-OH is 3. The highest BCUT2D eigenvalue weighted by Crippen LogP contribution is 2.30. The predicted molar refractivity (Wildman–Crippen MR) is 92.8 cm³/mol. The van der Waals surface area contributed by atoms with Crippen molar-refractivity contribution in [3.05, 3.63) is 23.8 Å². The number of aliphatic hydroxyl groups is 3. The molecule has 146 valence electrons. The summed E-state index contributed by atoms with van der Waals surface area (Å²) in [7, 11) is 1.26. The first kappa shape index (κ1) is 20.8. The molecule has 5 unspecified atom stereocenters. The molecule has 10 nitrogen and oxygen atoms in total. The molecule has 1 aromatic rings. The second-order valence-corrected chi connectivity index (χ2v) is 5.99. The number of hydrogen-bond donors (Lipinski definition) is 4. The highest BCUT2D eigenvalue weighted by Gasteiger charge is 2.45. The number of rotatable bonds is 6. The van der Waals surface area contributed by atoms with E-state index in [1.807, 2.05) is 0 Å². The van der Waals surface area contributed by atoms with E-state index in [4.69, 9.17) is 14.2 Å². The molecule has 1 amide bonds. The van der Waals surface area contributed by atoms with Crippen LogP contribution in [0.3, 0.4) is 0 Å². The Bertz CT molecular complexity index is 713. The van der Waals surface area contributed by atoms with E-state index >= 15 is 0 Å². The van der Waals surface area contributed by atoms with Crippen molar-refractivity contribution in [1.82, 2.24) is 0 Å². The molecule has 0 spiro atoms. The Hall–Kier alpha value is -2.47. The second-order valence-electron chi connectivity index (χ2n) is 5.99. The van der Waals surface area contributed by atoms with Crippen molar-refractivity contribution in [3.8, 4) is 5.75 Å². The standard InChI is InChI=1S/C16H20BNO9/c1-7(20)18-9-4-8(6-25-16(17)24)2-3-10(9)26-15-14(23)13(22)12(21)11(5-19)27-15/h2-5,11-15,21-23H,6,17H2,1H3,(H,18,20). The monoisotopic (exact) mass is 381 g/mol. The lowest BCUT2D eigenvalue weighted by atomic mass is 10.00. The quantitative estimate of drug-likeness (QED) is 0.334. The van der Waals surface area contributed by atoms with Gasteiger partial charge in [-0.15, -0.1) is 0 Å². The van der Waals surface area contributed by atoms with Crippen molar-refractivity contribution in [3.63, 3.8) is 0 Å². The van der Waals surface area contributed by atoms with Crippen LogP contribution in [0.2, 0.25) is 0 Å². The maximum Gasteiger partial charge on any atom is 0.243 e. The maximum atomic E-state index is 11.4. The molecule has 0 saturated carbocycles. The zero-order valence-corrected chi connectivity index (χ0v) is 14.7. The maximum absolute atomic E-state index is 11.4. The largest absolute Gasteiger partial charge is 0.469 e. The summed E-state index contributed by atoms with van der Waals surface area (Å²) >= 11 is 0. The first-order valence-corrected chi connectivity index (χ1v) is 8.08. The van der Waals surface area contributed by atoms with Gasteiger partial charge >= 0.3 is 0 Å². The summed E-state index contributed by atoms with van der Waals surface area (Å²) in [6.07, 6.45) is -7.47. The van der Waals surface area contributed by atoms with E-state index < -0.39 is 42.5 Å². The molecule has 4 N–H and O–H groups in total. The van der Waals surface area contributed by atoms with E-state index in [0.29, 0.717) is 5.56 Å². The van der Waals surface area contributed by atoms with Gasteiger partial charge < -0.3 is 39.6 Å². The zero-order valence-electron chi connectivity index (χ0n) is 14.7. The van der Waals surface area contributed by atoms with Crippen LogP contribution in [-0.2, 0) is 25.7 Å². The number of carbonyl (C=O) groups is 3. The van der Waals surface area contributed by atoms with Gasteiger partial charge in [-0.1, -0.05) is 6.07 Å². The first-order valence-electron chi connectivity index (χ1n) is 8.08. The zero-order chi connectivity index (χ0) is 20.1. The fourth-order valence-corrected chi connectivity index (χ4v) is 2.45. The van der Waals surface area contributed by atoms with Crippen LogP contribution in [0.15, 0.2) is 18.2 Å². The predicted octanol–water partition coefficient (Wildman–Crippen LogP) is -1.70. The molecule has 1 saturated heterocycles. The highest BCUT2D eigenvalue weighted by molar-refractivity contribution is 6.55. The average Bonchev–Trinajstić information content (AvgIpc) is 2.61. The van der Waals surface area contributed by atoms with Gasteiger partial charge in [-0.2, -0.15) is 0 Å². The first-order chi connectivity index (χ1) is 12.7. The van der Waals surface area contributed by atoms with Crippen LogP contribution in [0.1, 0.15) is 12.5 Å². The number of amides is 1. The molecular weight excluding hydrogens is 361 g/mol. The molecule has 27 heavy (non-hydrogen) atoms. The minimum atomic E-state index is -1.66. The summed E-state index contributed by atoms with van der Waals surface area (Å²) in [5.41, 5.74) is 0.763. The van der Waals surface area contributed by atoms with Gasteiger partial charge in [0.15, 0.2) is 6.29 Å². The van der Waals surface area contributed by atoms with Gasteiger partial charge in [0.25, 0.3) is 0 Å². The Labute approximate surface area is 155 Å². The van der Waals surface area contributed by atoms with E-state index in [1.165, 1.54) is 26.9 Å². The lowest BCUT2D eigenvalue weighted by molar-refractivity contribution is -0.263. The van der Waals surface area contributed by atoms with Crippen molar-refractivity contribution in [2.75, 3.05) is 5.32 Å². The van der Waals surface area contributed by atoms with Gasteiger partial charge in [0.2, 0.25) is 25.9 Å². The molecule has 1 heterocycles. The highest BCUT2D eigenvalue weighted by atomic mass is 16.7. The van der Waals surface area contributed by atoms with Crippen molar-refractivity contribution < 1.29 is 43.9 Å². The molecular formula is C16H20BNO9. The molecule has 2 rings (SSSR count). The van der Waals surface area contributed by atoms with Crippen molar-refractivity contribution >= 4 is 31.6 Å². The summed E-state index contributed by atoms with van der Waals surface area (Å²) in [6.45, 7) is 1.25. The van der Waals surface area contributed by atoms with E-state index in [2.05, 4.69) is 5.32 Å². The summed E-state index contributed by atoms with van der Waals surface area (Å²) < 4.78 is 15.6. The number of ether oxygens (including phenoxy) is 3. The van der Waals surface area contributed by atoms with Crippen LogP contribution in [-0.4, -0.2) is 71.9 Å². The van der Waals surface area contributed by atoms with E-state index in [0.717, 1.165) is 0 Å². The summed E-state index contributed by atoms with van der Waals surface area (Å²) in [6, 6.07) is 4.49. The van der Waals surface area contributed by atoms with Gasteiger partial charge in [-0.25, -0.2) is 0 Å². The van der Waals surface area contributed by atoms with Crippen LogP contribution in [0.25, 0.3) is 0 Å². The van der Waals surface area contributed by atoms with Gasteiger partial charge in [-0.05, 0) is 17.7 Å². The molecule has 11 heteroatoms. The van der Waals surface area contributed by atoms with E-state index in [1.54, 1.807) is 6.07 Å². The second kappa shape index (κ2) is 8.95. The van der Waals surface area contributed by atoms with Crippen LogP contribution < -0.4 is 10.1 Å². The summed E-state index contributed by atoms with van der Waals surface area (Å²) in [5.74, 6) is -0.799. The van der Waals surface area contributed by atoms with Crippen LogP contribution in [0, 0.1) is 0 Å². The van der Waals surface area contributed by atoms with Gasteiger partial charge in [0, 0.05) is 6.92 Å². The van der Waals surface area contributed by atoms with Crippen LogP contribution in [0.4, 0.5) is 10.5 Å². The molecule has 1 aliphatic heterocycles. The lowest BCUT2D eigenvalue weighted by Gasteiger charge is -2.38. The summed E-state index contributed by atoms with van der Waals surface area (Å²) in [4.78, 5) is 33.3. The lowest BCUT2D eigenvalue weighted by Crippen LogP contribution is -2.59. The average molecular weight is 381 g/mol. The molecule has 1 aliphatic rings. The third-order valence-corrected chi connectivity index (χ3v) is 3.78. The molecule has 0 aliphatic carbocycles. The van der Waals surface area contributed by atoms with Gasteiger partial charge in [0.1, 0.15) is 36.8 Å². The fourth-order valence-electron chi connectivity index (χ4n) is 2.45. The summed E-state index contributed by atoms with van der Waals surface area (Å²) in [5, 5.41) is 32.1. The molecule has 5 atom stereocenters. The van der Waals surface area contributed by atoms with Crippen LogP contribution >= 0.6 is 0 Å². The SMILES string of the molecule is BC(=O)OCc1ccc(OC2OC(C=O)C(O)C(O)C2O)c(NC(C)=O)c1. The van der Waals surface area contributed by atoms with Crippen LogP contribution in [0.5, 0.6) is 5.75 Å². The Morgan fingerprint density at radius 2 is 1.96 bits per heavy atom. The smallest absolute Gasteiger partial charge is 0.243 e. The topological polar surface area (TPSA) is 152 Å². The normalized spacial score (nSPS) is 27.5. The number of benzene rings is 1. The van der Waals surface area contributed by atoms with Gasteiger partial charge in [-0.3, -0.25) is 9.59 Å². The Morgan fingerprint density at radius 3 is 2.56 bits per heavy atom. The van der Waals surface area contributed by atoms with Crippen molar-refractivity contribution in [2.24, 2.45) is 0 Å². The number of carbonyl (C=O) groups excluding carboxylic acids is 3. The number of anilines is 1.